The summed E-state index contributed by atoms with van der Waals surface area (Å²) in [4.78, 5) is 4.15. The average Bonchev–Trinajstić information content (AvgIpc) is 2.75. The molecule has 2 rings (SSSR count). The van der Waals surface area contributed by atoms with Crippen LogP contribution in [0.2, 0.25) is 0 Å². The van der Waals surface area contributed by atoms with E-state index < -0.39 is 0 Å². The molecule has 1 aromatic heterocycles. The van der Waals surface area contributed by atoms with Crippen LogP contribution in [0.3, 0.4) is 0 Å². The van der Waals surface area contributed by atoms with Crippen LogP contribution in [0.15, 0.2) is 4.52 Å². The second kappa shape index (κ2) is 3.20. The van der Waals surface area contributed by atoms with Gasteiger partial charge in [-0.3, -0.25) is 0 Å². The molecule has 0 saturated carbocycles. The maximum atomic E-state index is 5.36. The third-order valence-corrected chi connectivity index (χ3v) is 2.02. The standard InChI is InChI=1S/C7H12N4O/c8-4-6-10-7(12-11-6)5-2-1-3-9-5/h5,9H,1-4,8H2. The maximum absolute atomic E-state index is 5.36. The molecule has 1 aliphatic heterocycles. The quantitative estimate of drug-likeness (QED) is 0.647. The Morgan fingerprint density at radius 3 is 3.17 bits per heavy atom. The third-order valence-electron chi connectivity index (χ3n) is 2.02. The molecule has 12 heavy (non-hydrogen) atoms. The smallest absolute Gasteiger partial charge is 0.243 e. The topological polar surface area (TPSA) is 77.0 Å². The van der Waals surface area contributed by atoms with Crippen molar-refractivity contribution >= 4 is 0 Å². The highest BCUT2D eigenvalue weighted by atomic mass is 16.5. The van der Waals surface area contributed by atoms with Crippen molar-refractivity contribution in [3.8, 4) is 0 Å². The molecule has 2 heterocycles. The fraction of sp³-hybridized carbons (Fsp3) is 0.714. The molecular formula is C7H12N4O. The molecule has 1 unspecified atom stereocenters. The number of nitrogens with one attached hydrogen (secondary N) is 1. The van der Waals surface area contributed by atoms with E-state index in [0.717, 1.165) is 13.0 Å². The summed E-state index contributed by atoms with van der Waals surface area (Å²) in [6, 6.07) is 0.248. The van der Waals surface area contributed by atoms with Gasteiger partial charge in [0.05, 0.1) is 12.6 Å². The van der Waals surface area contributed by atoms with Crippen molar-refractivity contribution in [1.82, 2.24) is 15.5 Å². The molecule has 0 aliphatic carbocycles. The summed E-state index contributed by atoms with van der Waals surface area (Å²) in [5.74, 6) is 1.26. The predicted molar refractivity (Wildman–Crippen MR) is 42.2 cm³/mol. The van der Waals surface area contributed by atoms with Gasteiger partial charge in [-0.25, -0.2) is 0 Å². The van der Waals surface area contributed by atoms with E-state index in [1.54, 1.807) is 0 Å². The Balaban J connectivity index is 2.11. The zero-order valence-corrected chi connectivity index (χ0v) is 6.79. The highest BCUT2D eigenvalue weighted by Gasteiger charge is 2.21. The van der Waals surface area contributed by atoms with Gasteiger partial charge in [-0.2, -0.15) is 4.98 Å². The van der Waals surface area contributed by atoms with Crippen LogP contribution in [0.1, 0.15) is 30.6 Å². The van der Waals surface area contributed by atoms with E-state index in [2.05, 4.69) is 15.5 Å². The van der Waals surface area contributed by atoms with E-state index in [4.69, 9.17) is 10.3 Å². The minimum absolute atomic E-state index is 0.248. The maximum Gasteiger partial charge on any atom is 0.243 e. The van der Waals surface area contributed by atoms with Gasteiger partial charge < -0.3 is 15.6 Å². The third kappa shape index (κ3) is 1.33. The molecule has 5 nitrogen and oxygen atoms in total. The molecule has 1 aliphatic rings. The van der Waals surface area contributed by atoms with Crippen molar-refractivity contribution in [3.63, 3.8) is 0 Å². The highest BCUT2D eigenvalue weighted by molar-refractivity contribution is 4.94. The number of hydrogen-bond acceptors (Lipinski definition) is 5. The first-order valence-corrected chi connectivity index (χ1v) is 4.16. The Labute approximate surface area is 70.3 Å². The number of nitrogens with two attached hydrogens (primary N) is 1. The molecule has 0 aromatic carbocycles. The molecule has 0 amide bonds. The summed E-state index contributed by atoms with van der Waals surface area (Å²) in [7, 11) is 0. The molecule has 0 spiro atoms. The fourth-order valence-corrected chi connectivity index (χ4v) is 1.39. The lowest BCUT2D eigenvalue weighted by atomic mass is 10.2. The van der Waals surface area contributed by atoms with Crippen molar-refractivity contribution in [1.29, 1.82) is 0 Å². The van der Waals surface area contributed by atoms with Gasteiger partial charge in [-0.05, 0) is 19.4 Å². The Morgan fingerprint density at radius 2 is 2.58 bits per heavy atom. The summed E-state index contributed by atoms with van der Waals surface area (Å²) in [6.07, 6.45) is 2.25. The Hall–Kier alpha value is -0.940. The monoisotopic (exact) mass is 168 g/mol. The van der Waals surface area contributed by atoms with Gasteiger partial charge in [0.2, 0.25) is 5.89 Å². The lowest BCUT2D eigenvalue weighted by Gasteiger charge is -2.00. The van der Waals surface area contributed by atoms with Crippen molar-refractivity contribution < 1.29 is 4.52 Å². The van der Waals surface area contributed by atoms with Crippen molar-refractivity contribution in [2.24, 2.45) is 5.73 Å². The molecule has 1 saturated heterocycles. The van der Waals surface area contributed by atoms with E-state index in [9.17, 15) is 0 Å². The first-order valence-electron chi connectivity index (χ1n) is 4.16. The zero-order valence-electron chi connectivity index (χ0n) is 6.79. The molecule has 3 N–H and O–H groups in total. The van der Waals surface area contributed by atoms with E-state index in [-0.39, 0.29) is 6.04 Å². The van der Waals surface area contributed by atoms with Gasteiger partial charge in [-0.15, -0.1) is 0 Å². The molecule has 0 bridgehead atoms. The number of nitrogens with zero attached hydrogens (tertiary/aromatic N) is 2. The molecule has 1 aromatic rings. The first kappa shape index (κ1) is 7.70. The molecule has 1 fully saturated rings. The van der Waals surface area contributed by atoms with Gasteiger partial charge in [0.1, 0.15) is 0 Å². The molecule has 1 atom stereocenters. The van der Waals surface area contributed by atoms with Crippen molar-refractivity contribution in [2.75, 3.05) is 6.54 Å². The normalized spacial score (nSPS) is 23.2. The number of hydrogen-bond donors (Lipinski definition) is 2. The lowest BCUT2D eigenvalue weighted by molar-refractivity contribution is 0.341. The summed E-state index contributed by atoms with van der Waals surface area (Å²) < 4.78 is 5.04. The molecule has 66 valence electrons. The van der Waals surface area contributed by atoms with Gasteiger partial charge in [0, 0.05) is 0 Å². The summed E-state index contributed by atoms with van der Waals surface area (Å²) in [6.45, 7) is 1.38. The van der Waals surface area contributed by atoms with Gasteiger partial charge >= 0.3 is 0 Å². The van der Waals surface area contributed by atoms with E-state index in [0.29, 0.717) is 18.3 Å². The van der Waals surface area contributed by atoms with E-state index >= 15 is 0 Å². The lowest BCUT2D eigenvalue weighted by Crippen LogP contribution is -2.13. The fourth-order valence-electron chi connectivity index (χ4n) is 1.39. The van der Waals surface area contributed by atoms with Gasteiger partial charge in [0.25, 0.3) is 0 Å². The van der Waals surface area contributed by atoms with Crippen LogP contribution >= 0.6 is 0 Å². The molecule has 5 heteroatoms. The van der Waals surface area contributed by atoms with Crippen molar-refractivity contribution in [2.45, 2.75) is 25.4 Å². The Morgan fingerprint density at radius 1 is 1.67 bits per heavy atom. The largest absolute Gasteiger partial charge is 0.338 e. The minimum atomic E-state index is 0.248. The first-order chi connectivity index (χ1) is 5.90. The second-order valence-electron chi connectivity index (χ2n) is 2.90. The van der Waals surface area contributed by atoms with Gasteiger partial charge in [-0.1, -0.05) is 5.16 Å². The SMILES string of the molecule is NCc1noc(C2CCCN2)n1. The summed E-state index contributed by atoms with van der Waals surface area (Å²) in [5, 5.41) is 7.00. The average molecular weight is 168 g/mol. The predicted octanol–water partition coefficient (Wildman–Crippen LogP) is -0.0472. The van der Waals surface area contributed by atoms with Gasteiger partial charge in [0.15, 0.2) is 5.82 Å². The van der Waals surface area contributed by atoms with Crippen LogP contribution in [0.5, 0.6) is 0 Å². The zero-order chi connectivity index (χ0) is 8.39. The van der Waals surface area contributed by atoms with Crippen LogP contribution in [-0.4, -0.2) is 16.7 Å². The van der Waals surface area contributed by atoms with Crippen LogP contribution in [0, 0.1) is 0 Å². The van der Waals surface area contributed by atoms with E-state index in [1.165, 1.54) is 6.42 Å². The van der Waals surface area contributed by atoms with Crippen LogP contribution < -0.4 is 11.1 Å². The Kier molecular flexibility index (Phi) is 2.05. The Bertz CT molecular complexity index is 254. The van der Waals surface area contributed by atoms with Crippen LogP contribution in [0.25, 0.3) is 0 Å². The summed E-state index contributed by atoms with van der Waals surface area (Å²) >= 11 is 0. The highest BCUT2D eigenvalue weighted by Crippen LogP contribution is 2.20. The molecular weight excluding hydrogens is 156 g/mol. The minimum Gasteiger partial charge on any atom is -0.338 e. The van der Waals surface area contributed by atoms with Crippen molar-refractivity contribution in [3.05, 3.63) is 11.7 Å². The number of aromatic nitrogens is 2. The molecule has 0 radical (unpaired) electrons. The second-order valence-corrected chi connectivity index (χ2v) is 2.90. The number of rotatable bonds is 2. The van der Waals surface area contributed by atoms with E-state index in [1.807, 2.05) is 0 Å². The van der Waals surface area contributed by atoms with Crippen LogP contribution in [0.4, 0.5) is 0 Å². The summed E-state index contributed by atoms with van der Waals surface area (Å²) in [5.41, 5.74) is 5.36. The van der Waals surface area contributed by atoms with Crippen LogP contribution in [-0.2, 0) is 6.54 Å².